The highest BCUT2D eigenvalue weighted by Gasteiger charge is 2.12. The molecular formula is C24H32N2O2. The van der Waals surface area contributed by atoms with E-state index in [1.165, 1.54) is 0 Å². The summed E-state index contributed by atoms with van der Waals surface area (Å²) >= 11 is 0. The first-order chi connectivity index (χ1) is 13.2. The van der Waals surface area contributed by atoms with Crippen LogP contribution >= 0.6 is 0 Å². The second-order valence-corrected chi connectivity index (χ2v) is 7.85. The predicted octanol–water partition coefficient (Wildman–Crippen LogP) is 5.50. The Hall–Kier alpha value is -2.62. The van der Waals surface area contributed by atoms with E-state index in [2.05, 4.69) is 37.7 Å². The van der Waals surface area contributed by atoms with Crippen molar-refractivity contribution in [1.82, 2.24) is 0 Å². The van der Waals surface area contributed by atoms with Crippen molar-refractivity contribution in [2.75, 3.05) is 13.1 Å². The van der Waals surface area contributed by atoms with Crippen molar-refractivity contribution < 1.29 is 10.2 Å². The van der Waals surface area contributed by atoms with Gasteiger partial charge >= 0.3 is 0 Å². The second kappa shape index (κ2) is 9.54. The Morgan fingerprint density at radius 1 is 0.714 bits per heavy atom. The van der Waals surface area contributed by atoms with E-state index in [0.29, 0.717) is 36.4 Å². The molecule has 28 heavy (non-hydrogen) atoms. The molecule has 0 aliphatic heterocycles. The summed E-state index contributed by atoms with van der Waals surface area (Å²) < 4.78 is 0. The van der Waals surface area contributed by atoms with Crippen molar-refractivity contribution in [3.63, 3.8) is 0 Å². The molecule has 2 N–H and O–H groups in total. The predicted molar refractivity (Wildman–Crippen MR) is 119 cm³/mol. The Balaban J connectivity index is 2.10. The normalized spacial score (nSPS) is 12.1. The van der Waals surface area contributed by atoms with E-state index in [9.17, 15) is 10.2 Å². The van der Waals surface area contributed by atoms with Gasteiger partial charge in [0.2, 0.25) is 0 Å². The van der Waals surface area contributed by atoms with Crippen molar-refractivity contribution in [3.05, 3.63) is 57.6 Å². The van der Waals surface area contributed by atoms with Gasteiger partial charge in [0.25, 0.3) is 0 Å². The Bertz CT molecular complexity index is 807. The quantitative estimate of drug-likeness (QED) is 0.492. The van der Waals surface area contributed by atoms with Crippen molar-refractivity contribution in [2.45, 2.75) is 53.4 Å². The molecule has 0 unspecified atom stereocenters. The van der Waals surface area contributed by atoms with Gasteiger partial charge in [-0.15, -0.1) is 0 Å². The maximum Gasteiger partial charge on any atom is 0.127 e. The second-order valence-electron chi connectivity index (χ2n) is 7.85. The van der Waals surface area contributed by atoms with Crippen LogP contribution in [0.5, 0.6) is 11.5 Å². The van der Waals surface area contributed by atoms with Crippen LogP contribution in [-0.4, -0.2) is 35.7 Å². The molecule has 0 amide bonds. The Kier molecular flexibility index (Phi) is 7.38. The van der Waals surface area contributed by atoms with Crippen LogP contribution in [0.4, 0.5) is 0 Å². The van der Waals surface area contributed by atoms with Crippen molar-refractivity contribution >= 4 is 12.4 Å². The number of hydrogen-bond donors (Lipinski definition) is 2. The van der Waals surface area contributed by atoms with E-state index in [1.54, 1.807) is 12.4 Å². The van der Waals surface area contributed by atoms with Gasteiger partial charge in [-0.25, -0.2) is 0 Å². The molecule has 0 saturated heterocycles. The van der Waals surface area contributed by atoms with Crippen LogP contribution in [0.2, 0.25) is 0 Å². The van der Waals surface area contributed by atoms with Gasteiger partial charge in [0.15, 0.2) is 0 Å². The number of aliphatic imine (C=N–C) groups is 2. The smallest absolute Gasteiger partial charge is 0.127 e. The van der Waals surface area contributed by atoms with Crippen molar-refractivity contribution in [3.8, 4) is 11.5 Å². The van der Waals surface area contributed by atoms with Crippen LogP contribution in [0, 0.1) is 13.8 Å². The SMILES string of the molecule is Cc1ccc(C(C)C)c(C=NCCN=Cc2c(C(C)C)ccc(C)c2O)c1O. The van der Waals surface area contributed by atoms with Crippen LogP contribution in [0.3, 0.4) is 0 Å². The lowest BCUT2D eigenvalue weighted by Gasteiger charge is -2.13. The first kappa shape index (κ1) is 21.7. The zero-order valence-corrected chi connectivity index (χ0v) is 17.8. The van der Waals surface area contributed by atoms with E-state index in [4.69, 9.17) is 0 Å². The van der Waals surface area contributed by atoms with Crippen LogP contribution in [0.25, 0.3) is 0 Å². The molecule has 2 rings (SSSR count). The largest absolute Gasteiger partial charge is 0.507 e. The standard InChI is InChI=1S/C24H32N2O2/c1-15(2)19-9-7-17(5)23(27)21(19)13-25-11-12-26-14-22-20(16(3)4)10-8-18(6)24(22)28/h7-10,13-16,27-28H,11-12H2,1-6H3. The number of phenols is 2. The fourth-order valence-corrected chi connectivity index (χ4v) is 3.17. The summed E-state index contributed by atoms with van der Waals surface area (Å²) in [5.74, 6) is 1.21. The molecule has 2 aromatic carbocycles. The van der Waals surface area contributed by atoms with E-state index < -0.39 is 0 Å². The van der Waals surface area contributed by atoms with Gasteiger partial charge in [0.05, 0.1) is 13.1 Å². The third-order valence-electron chi connectivity index (χ3n) is 4.95. The van der Waals surface area contributed by atoms with E-state index >= 15 is 0 Å². The number of aromatic hydroxyl groups is 2. The zero-order chi connectivity index (χ0) is 20.8. The van der Waals surface area contributed by atoms with Crippen LogP contribution in [0.1, 0.15) is 72.9 Å². The molecule has 0 atom stereocenters. The molecule has 0 aliphatic rings. The number of benzene rings is 2. The van der Waals surface area contributed by atoms with E-state index in [0.717, 1.165) is 33.4 Å². The van der Waals surface area contributed by atoms with Crippen LogP contribution in [0.15, 0.2) is 34.3 Å². The number of hydrogen-bond acceptors (Lipinski definition) is 4. The molecule has 4 heteroatoms. The third kappa shape index (κ3) is 5.00. The van der Waals surface area contributed by atoms with Gasteiger partial charge in [-0.2, -0.15) is 0 Å². The minimum Gasteiger partial charge on any atom is -0.507 e. The minimum absolute atomic E-state index is 0.296. The molecule has 4 nitrogen and oxygen atoms in total. The zero-order valence-electron chi connectivity index (χ0n) is 17.8. The lowest BCUT2D eigenvalue weighted by Crippen LogP contribution is -2.00. The summed E-state index contributed by atoms with van der Waals surface area (Å²) in [4.78, 5) is 8.91. The van der Waals surface area contributed by atoms with Gasteiger partial charge in [-0.05, 0) is 47.9 Å². The summed E-state index contributed by atoms with van der Waals surface area (Å²) in [5, 5.41) is 20.7. The van der Waals surface area contributed by atoms with Gasteiger partial charge in [-0.3, -0.25) is 9.98 Å². The summed E-state index contributed by atoms with van der Waals surface area (Å²) in [7, 11) is 0. The van der Waals surface area contributed by atoms with Gasteiger partial charge in [0.1, 0.15) is 11.5 Å². The molecule has 0 bridgehead atoms. The summed E-state index contributed by atoms with van der Waals surface area (Å²) in [6.07, 6.45) is 3.49. The van der Waals surface area contributed by atoms with Crippen LogP contribution < -0.4 is 0 Å². The average molecular weight is 381 g/mol. The molecule has 0 heterocycles. The van der Waals surface area contributed by atoms with Crippen LogP contribution in [-0.2, 0) is 0 Å². The first-order valence-corrected chi connectivity index (χ1v) is 9.88. The molecule has 0 radical (unpaired) electrons. The van der Waals surface area contributed by atoms with E-state index in [-0.39, 0.29) is 0 Å². The maximum absolute atomic E-state index is 10.4. The topological polar surface area (TPSA) is 65.2 Å². The maximum atomic E-state index is 10.4. The summed E-state index contributed by atoms with van der Waals surface area (Å²) in [6.45, 7) is 13.2. The van der Waals surface area contributed by atoms with Gasteiger partial charge in [-0.1, -0.05) is 52.0 Å². The summed E-state index contributed by atoms with van der Waals surface area (Å²) in [6, 6.07) is 7.97. The lowest BCUT2D eigenvalue weighted by atomic mass is 9.95. The molecule has 0 spiro atoms. The highest BCUT2D eigenvalue weighted by molar-refractivity contribution is 5.87. The van der Waals surface area contributed by atoms with Crippen molar-refractivity contribution in [1.29, 1.82) is 0 Å². The number of phenolic OH excluding ortho intramolecular Hbond substituents is 2. The van der Waals surface area contributed by atoms with E-state index in [1.807, 2.05) is 38.1 Å². The fourth-order valence-electron chi connectivity index (χ4n) is 3.17. The molecular weight excluding hydrogens is 348 g/mol. The fraction of sp³-hybridized carbons (Fsp3) is 0.417. The third-order valence-corrected chi connectivity index (χ3v) is 4.95. The van der Waals surface area contributed by atoms with Crippen molar-refractivity contribution in [2.24, 2.45) is 9.98 Å². The number of aryl methyl sites for hydroxylation is 2. The first-order valence-electron chi connectivity index (χ1n) is 9.88. The lowest BCUT2D eigenvalue weighted by molar-refractivity contribution is 0.468. The minimum atomic E-state index is 0.296. The number of nitrogens with zero attached hydrogens (tertiary/aromatic N) is 2. The molecule has 2 aromatic rings. The summed E-state index contributed by atoms with van der Waals surface area (Å²) in [5.41, 5.74) is 5.44. The molecule has 0 saturated carbocycles. The highest BCUT2D eigenvalue weighted by atomic mass is 16.3. The Morgan fingerprint density at radius 3 is 1.39 bits per heavy atom. The molecule has 0 aromatic heterocycles. The molecule has 0 aliphatic carbocycles. The van der Waals surface area contributed by atoms with Gasteiger partial charge < -0.3 is 10.2 Å². The average Bonchev–Trinajstić information content (AvgIpc) is 2.64. The van der Waals surface area contributed by atoms with Gasteiger partial charge in [0, 0.05) is 23.6 Å². The Labute approximate surface area is 168 Å². The molecule has 0 fully saturated rings. The molecule has 150 valence electrons. The Morgan fingerprint density at radius 2 is 1.07 bits per heavy atom. The highest BCUT2D eigenvalue weighted by Crippen LogP contribution is 2.29. The monoisotopic (exact) mass is 380 g/mol. The number of rotatable bonds is 7.